The molecule has 0 spiro atoms. The maximum absolute atomic E-state index is 12.5. The number of amides is 2. The fourth-order valence-electron chi connectivity index (χ4n) is 4.83. The minimum Gasteiger partial charge on any atom is -0.322 e. The van der Waals surface area contributed by atoms with Gasteiger partial charge in [-0.15, -0.1) is 0 Å². The van der Waals surface area contributed by atoms with Crippen LogP contribution >= 0.6 is 0 Å². The van der Waals surface area contributed by atoms with E-state index >= 15 is 0 Å². The Kier molecular flexibility index (Phi) is 5.71. The molecule has 4 heterocycles. The Morgan fingerprint density at radius 2 is 1.74 bits per heavy atom. The van der Waals surface area contributed by atoms with Crippen molar-refractivity contribution < 1.29 is 4.79 Å². The highest BCUT2D eigenvalue weighted by molar-refractivity contribution is 5.88. The second-order valence-electron chi connectivity index (χ2n) is 8.67. The molecular weight excluding hydrogens is 394 g/mol. The van der Waals surface area contributed by atoms with Gasteiger partial charge in [0.25, 0.3) is 0 Å². The Labute approximate surface area is 181 Å². The third-order valence-corrected chi connectivity index (χ3v) is 6.53. The number of carbonyl (C=O) groups excluding carboxylic acids is 1. The zero-order valence-corrected chi connectivity index (χ0v) is 17.6. The number of anilines is 1. The number of hydrogen-bond acceptors (Lipinski definition) is 6. The molecular formula is C22H29N7O2. The summed E-state index contributed by atoms with van der Waals surface area (Å²) >= 11 is 0. The van der Waals surface area contributed by atoms with E-state index in [0.29, 0.717) is 13.1 Å². The van der Waals surface area contributed by atoms with Crippen LogP contribution in [0.2, 0.25) is 0 Å². The molecule has 1 aromatic heterocycles. The van der Waals surface area contributed by atoms with Crippen LogP contribution < -0.4 is 21.6 Å². The number of aromatic nitrogens is 2. The molecule has 0 aliphatic carbocycles. The molecule has 1 aromatic carbocycles. The number of urea groups is 1. The van der Waals surface area contributed by atoms with Crippen LogP contribution in [0.5, 0.6) is 0 Å². The molecule has 0 unspecified atom stereocenters. The maximum atomic E-state index is 12.5. The van der Waals surface area contributed by atoms with Crippen molar-refractivity contribution in [1.29, 1.82) is 0 Å². The zero-order valence-electron chi connectivity index (χ0n) is 17.6. The third-order valence-electron chi connectivity index (χ3n) is 6.53. The number of carbonyl (C=O) groups is 1. The molecule has 2 amide bonds. The van der Waals surface area contributed by atoms with Gasteiger partial charge in [-0.3, -0.25) is 14.8 Å². The van der Waals surface area contributed by atoms with Crippen molar-refractivity contribution in [3.8, 4) is 5.69 Å². The van der Waals surface area contributed by atoms with Gasteiger partial charge < -0.3 is 15.5 Å². The number of piperazine rings is 1. The number of hydrogen-bond donors (Lipinski definition) is 3. The monoisotopic (exact) mass is 423 g/mol. The molecule has 0 radical (unpaired) electrons. The Morgan fingerprint density at radius 1 is 1.03 bits per heavy atom. The lowest BCUT2D eigenvalue weighted by atomic mass is 10.0. The molecule has 164 valence electrons. The average molecular weight is 424 g/mol. The van der Waals surface area contributed by atoms with Gasteiger partial charge in [0.15, 0.2) is 0 Å². The minimum absolute atomic E-state index is 0.225. The van der Waals surface area contributed by atoms with E-state index in [1.54, 1.807) is 17.2 Å². The molecule has 31 heavy (non-hydrogen) atoms. The Morgan fingerprint density at radius 3 is 2.42 bits per heavy atom. The molecule has 3 fully saturated rings. The standard InChI is InChI=1S/C22H29N7O2/c30-21(28-9-6-23-7-10-28)25-20-5-8-29(22(31)26-20)19-3-1-16(2-4-19)13-27-14-17-11-24-12-18(17)15-27/h1-5,8,17-18,23-24H,6-7,9-15H2,(H,25,26,30,31)/t17-,18+. The van der Waals surface area contributed by atoms with Crippen LogP contribution in [0.3, 0.4) is 0 Å². The van der Waals surface area contributed by atoms with E-state index in [2.05, 4.69) is 38.0 Å². The van der Waals surface area contributed by atoms with Gasteiger partial charge in [-0.25, -0.2) is 9.59 Å². The summed E-state index contributed by atoms with van der Waals surface area (Å²) < 4.78 is 1.50. The highest BCUT2D eigenvalue weighted by Gasteiger charge is 2.35. The van der Waals surface area contributed by atoms with E-state index in [4.69, 9.17) is 0 Å². The van der Waals surface area contributed by atoms with Gasteiger partial charge in [0, 0.05) is 52.0 Å². The molecule has 9 nitrogen and oxygen atoms in total. The molecule has 0 saturated carbocycles. The average Bonchev–Trinajstić information content (AvgIpc) is 3.37. The number of benzene rings is 1. The molecule has 3 N–H and O–H groups in total. The van der Waals surface area contributed by atoms with Gasteiger partial charge in [-0.05, 0) is 48.7 Å². The molecule has 2 aromatic rings. The summed E-state index contributed by atoms with van der Waals surface area (Å²) in [7, 11) is 0. The van der Waals surface area contributed by atoms with Gasteiger partial charge >= 0.3 is 11.7 Å². The van der Waals surface area contributed by atoms with Crippen LogP contribution in [0.4, 0.5) is 10.6 Å². The predicted molar refractivity (Wildman–Crippen MR) is 118 cm³/mol. The van der Waals surface area contributed by atoms with Gasteiger partial charge in [0.2, 0.25) is 0 Å². The lowest BCUT2D eigenvalue weighted by Gasteiger charge is -2.27. The van der Waals surface area contributed by atoms with Gasteiger partial charge in [-0.1, -0.05) is 12.1 Å². The van der Waals surface area contributed by atoms with E-state index in [0.717, 1.165) is 63.3 Å². The van der Waals surface area contributed by atoms with Crippen LogP contribution in [0.15, 0.2) is 41.3 Å². The number of fused-ring (bicyclic) bond motifs is 1. The van der Waals surface area contributed by atoms with E-state index in [1.165, 1.54) is 10.1 Å². The van der Waals surface area contributed by atoms with Gasteiger partial charge in [0.05, 0.1) is 5.69 Å². The van der Waals surface area contributed by atoms with E-state index in [1.807, 2.05) is 12.1 Å². The van der Waals surface area contributed by atoms with Crippen molar-refractivity contribution in [2.45, 2.75) is 6.54 Å². The predicted octanol–water partition coefficient (Wildman–Crippen LogP) is 0.321. The topological polar surface area (TPSA) is 94.5 Å². The zero-order chi connectivity index (χ0) is 21.2. The van der Waals surface area contributed by atoms with Crippen LogP contribution in [0, 0.1) is 11.8 Å². The van der Waals surface area contributed by atoms with Crippen molar-refractivity contribution >= 4 is 11.8 Å². The molecule has 3 aliphatic heterocycles. The maximum Gasteiger partial charge on any atom is 0.354 e. The second-order valence-corrected chi connectivity index (χ2v) is 8.67. The SMILES string of the molecule is O=C(Nc1ccn(-c2ccc(CN3C[C@H]4CNC[C@H]4C3)cc2)c(=O)n1)N1CCNCC1. The molecule has 0 bridgehead atoms. The Bertz CT molecular complexity index is 972. The smallest absolute Gasteiger partial charge is 0.322 e. The second kappa shape index (κ2) is 8.78. The lowest BCUT2D eigenvalue weighted by Crippen LogP contribution is -2.48. The van der Waals surface area contributed by atoms with E-state index < -0.39 is 5.69 Å². The number of nitrogens with zero attached hydrogens (tertiary/aromatic N) is 4. The fraction of sp³-hybridized carbons (Fsp3) is 0.500. The van der Waals surface area contributed by atoms with Crippen LogP contribution in [-0.4, -0.2) is 77.7 Å². The lowest BCUT2D eigenvalue weighted by molar-refractivity contribution is 0.204. The summed E-state index contributed by atoms with van der Waals surface area (Å²) in [6.07, 6.45) is 1.66. The van der Waals surface area contributed by atoms with E-state index in [-0.39, 0.29) is 11.8 Å². The van der Waals surface area contributed by atoms with Gasteiger partial charge in [-0.2, -0.15) is 4.98 Å². The van der Waals surface area contributed by atoms with Crippen LogP contribution in [-0.2, 0) is 6.54 Å². The first-order valence-electron chi connectivity index (χ1n) is 11.0. The fourth-order valence-corrected chi connectivity index (χ4v) is 4.83. The summed E-state index contributed by atoms with van der Waals surface area (Å²) in [6.45, 7) is 8.37. The summed E-state index contributed by atoms with van der Waals surface area (Å²) in [5, 5.41) is 9.40. The van der Waals surface area contributed by atoms with Crippen molar-refractivity contribution in [3.63, 3.8) is 0 Å². The summed E-state index contributed by atoms with van der Waals surface area (Å²) in [5.74, 6) is 1.85. The van der Waals surface area contributed by atoms with Crippen LogP contribution in [0.1, 0.15) is 5.56 Å². The minimum atomic E-state index is -0.411. The quantitative estimate of drug-likeness (QED) is 0.656. The molecule has 3 aliphatic rings. The number of nitrogens with one attached hydrogen (secondary N) is 3. The first-order valence-corrected chi connectivity index (χ1v) is 11.0. The third kappa shape index (κ3) is 4.48. The number of likely N-dealkylation sites (tertiary alicyclic amines) is 1. The first kappa shape index (κ1) is 20.2. The largest absolute Gasteiger partial charge is 0.354 e. The summed E-state index contributed by atoms with van der Waals surface area (Å²) in [6, 6.07) is 9.50. The highest BCUT2D eigenvalue weighted by atomic mass is 16.2. The molecule has 5 rings (SSSR count). The normalized spacial score (nSPS) is 23.7. The van der Waals surface area contributed by atoms with E-state index in [9.17, 15) is 9.59 Å². The number of rotatable bonds is 4. The van der Waals surface area contributed by atoms with Crippen molar-refractivity contribution in [2.75, 3.05) is 57.7 Å². The Hall–Kier alpha value is -2.75. The molecule has 2 atom stereocenters. The molecule has 3 saturated heterocycles. The summed E-state index contributed by atoms with van der Waals surface area (Å²) in [5.41, 5.74) is 1.60. The van der Waals surface area contributed by atoms with Crippen molar-refractivity contribution in [1.82, 2.24) is 30.0 Å². The van der Waals surface area contributed by atoms with Crippen molar-refractivity contribution in [3.05, 3.63) is 52.6 Å². The van der Waals surface area contributed by atoms with Crippen LogP contribution in [0.25, 0.3) is 5.69 Å². The highest BCUT2D eigenvalue weighted by Crippen LogP contribution is 2.27. The van der Waals surface area contributed by atoms with Crippen molar-refractivity contribution in [2.24, 2.45) is 11.8 Å². The molecule has 9 heteroatoms. The summed E-state index contributed by atoms with van der Waals surface area (Å²) in [4.78, 5) is 33.1. The first-order chi connectivity index (χ1) is 15.2. The Balaban J connectivity index is 1.22. The van der Waals surface area contributed by atoms with Gasteiger partial charge in [0.1, 0.15) is 5.82 Å².